The highest BCUT2D eigenvalue weighted by Gasteiger charge is 2.18. The van der Waals surface area contributed by atoms with E-state index in [1.54, 1.807) is 0 Å². The van der Waals surface area contributed by atoms with Crippen molar-refractivity contribution in [3.8, 4) is 10.4 Å². The first kappa shape index (κ1) is 18.6. The van der Waals surface area contributed by atoms with Gasteiger partial charge in [0, 0.05) is 6.26 Å². The monoisotopic (exact) mass is 406 g/mol. The molecule has 1 heterocycles. The third kappa shape index (κ3) is 3.95. The van der Waals surface area contributed by atoms with Crippen LogP contribution in [-0.4, -0.2) is 25.6 Å². The van der Waals surface area contributed by atoms with Crippen LogP contribution in [0.2, 0.25) is 5.02 Å². The van der Waals surface area contributed by atoms with Gasteiger partial charge in [0.15, 0.2) is 15.0 Å². The van der Waals surface area contributed by atoms with E-state index in [0.29, 0.717) is 5.13 Å². The molecular formula is C18H15ClN2O3S2. The summed E-state index contributed by atoms with van der Waals surface area (Å²) in [5.41, 5.74) is 1.90. The Bertz CT molecular complexity index is 1080. The predicted molar refractivity (Wildman–Crippen MR) is 105 cm³/mol. The van der Waals surface area contributed by atoms with Gasteiger partial charge >= 0.3 is 0 Å². The zero-order chi connectivity index (χ0) is 18.9. The molecule has 0 fully saturated rings. The van der Waals surface area contributed by atoms with E-state index in [1.807, 2.05) is 37.3 Å². The fourth-order valence-corrected chi connectivity index (χ4v) is 4.20. The normalized spacial score (nSPS) is 11.3. The highest BCUT2D eigenvalue weighted by molar-refractivity contribution is 7.90. The summed E-state index contributed by atoms with van der Waals surface area (Å²) in [6.07, 6.45) is 1.08. The average molecular weight is 407 g/mol. The van der Waals surface area contributed by atoms with Crippen LogP contribution in [-0.2, 0) is 9.84 Å². The number of benzene rings is 2. The van der Waals surface area contributed by atoms with Crippen LogP contribution >= 0.6 is 22.9 Å². The van der Waals surface area contributed by atoms with Gasteiger partial charge in [0.2, 0.25) is 0 Å². The van der Waals surface area contributed by atoms with Crippen molar-refractivity contribution in [2.75, 3.05) is 11.6 Å². The van der Waals surface area contributed by atoms with Crippen molar-refractivity contribution >= 4 is 43.8 Å². The van der Waals surface area contributed by atoms with Crippen molar-refractivity contribution in [1.82, 2.24) is 4.98 Å². The SMILES string of the molecule is Cc1nc(NC(=O)c2cc(S(C)(=O)=O)ccc2Cl)sc1-c1ccccc1. The molecule has 1 N–H and O–H groups in total. The predicted octanol–water partition coefficient (Wildman–Crippen LogP) is 4.43. The van der Waals surface area contributed by atoms with Gasteiger partial charge in [-0.15, -0.1) is 0 Å². The Hall–Kier alpha value is -2.22. The lowest BCUT2D eigenvalue weighted by Gasteiger charge is -2.06. The molecule has 0 atom stereocenters. The Morgan fingerprint density at radius 2 is 1.85 bits per heavy atom. The molecule has 5 nitrogen and oxygen atoms in total. The summed E-state index contributed by atoms with van der Waals surface area (Å²) in [4.78, 5) is 17.9. The second-order valence-electron chi connectivity index (χ2n) is 5.67. The summed E-state index contributed by atoms with van der Waals surface area (Å²) in [6, 6.07) is 13.8. The number of nitrogens with one attached hydrogen (secondary N) is 1. The van der Waals surface area contributed by atoms with Gasteiger partial charge in [0.05, 0.1) is 26.1 Å². The smallest absolute Gasteiger partial charge is 0.259 e. The summed E-state index contributed by atoms with van der Waals surface area (Å²) in [5, 5.41) is 3.29. The van der Waals surface area contributed by atoms with E-state index in [9.17, 15) is 13.2 Å². The second kappa shape index (κ2) is 7.19. The molecule has 0 bridgehead atoms. The quantitative estimate of drug-likeness (QED) is 0.695. The topological polar surface area (TPSA) is 76.1 Å². The van der Waals surface area contributed by atoms with Gasteiger partial charge in [-0.1, -0.05) is 53.3 Å². The van der Waals surface area contributed by atoms with Crippen molar-refractivity contribution < 1.29 is 13.2 Å². The first-order valence-electron chi connectivity index (χ1n) is 7.59. The standard InChI is InChI=1S/C18H15ClN2O3S2/c1-11-16(12-6-4-3-5-7-12)25-18(20-11)21-17(22)14-10-13(26(2,23)24)8-9-15(14)19/h3-10H,1-2H3,(H,20,21,22). The summed E-state index contributed by atoms with van der Waals surface area (Å²) in [7, 11) is -3.44. The Morgan fingerprint density at radius 1 is 1.15 bits per heavy atom. The molecule has 1 amide bonds. The Balaban J connectivity index is 1.90. The number of aromatic nitrogens is 1. The van der Waals surface area contributed by atoms with Crippen LogP contribution in [0.1, 0.15) is 16.1 Å². The van der Waals surface area contributed by atoms with E-state index < -0.39 is 15.7 Å². The summed E-state index contributed by atoms with van der Waals surface area (Å²) in [6.45, 7) is 1.87. The molecule has 0 saturated carbocycles. The van der Waals surface area contributed by atoms with E-state index in [2.05, 4.69) is 10.3 Å². The van der Waals surface area contributed by atoms with Crippen LogP contribution in [0.4, 0.5) is 5.13 Å². The molecule has 2 aromatic carbocycles. The first-order chi connectivity index (χ1) is 12.3. The number of amides is 1. The fourth-order valence-electron chi connectivity index (χ4n) is 2.38. The maximum atomic E-state index is 12.5. The molecule has 0 aliphatic rings. The average Bonchev–Trinajstić information content (AvgIpc) is 2.95. The number of aryl methyl sites for hydroxylation is 1. The largest absolute Gasteiger partial charge is 0.298 e. The number of hydrogen-bond acceptors (Lipinski definition) is 5. The first-order valence-corrected chi connectivity index (χ1v) is 10.7. The third-order valence-electron chi connectivity index (χ3n) is 3.66. The molecule has 3 rings (SSSR count). The number of thiazole rings is 1. The zero-order valence-electron chi connectivity index (χ0n) is 14.0. The molecule has 3 aromatic rings. The van der Waals surface area contributed by atoms with Crippen molar-refractivity contribution in [1.29, 1.82) is 0 Å². The van der Waals surface area contributed by atoms with Crippen molar-refractivity contribution in [2.45, 2.75) is 11.8 Å². The van der Waals surface area contributed by atoms with Crippen molar-refractivity contribution in [2.24, 2.45) is 0 Å². The number of carbonyl (C=O) groups is 1. The molecule has 8 heteroatoms. The van der Waals surface area contributed by atoms with Gasteiger partial charge in [0.1, 0.15) is 0 Å². The summed E-state index contributed by atoms with van der Waals surface area (Å²) in [5.74, 6) is -0.506. The minimum absolute atomic E-state index is 0.0346. The lowest BCUT2D eigenvalue weighted by molar-refractivity contribution is 0.102. The van der Waals surface area contributed by atoms with Crippen LogP contribution in [0.15, 0.2) is 53.4 Å². The van der Waals surface area contributed by atoms with E-state index >= 15 is 0 Å². The lowest BCUT2D eigenvalue weighted by atomic mass is 10.2. The maximum Gasteiger partial charge on any atom is 0.259 e. The van der Waals surface area contributed by atoms with E-state index in [0.717, 1.165) is 22.4 Å². The Morgan fingerprint density at radius 3 is 2.50 bits per heavy atom. The molecule has 0 unspecified atom stereocenters. The van der Waals surface area contributed by atoms with Gasteiger partial charge in [-0.3, -0.25) is 10.1 Å². The maximum absolute atomic E-state index is 12.5. The highest BCUT2D eigenvalue weighted by atomic mass is 35.5. The van der Waals surface area contributed by atoms with Crippen LogP contribution in [0, 0.1) is 6.92 Å². The molecule has 26 heavy (non-hydrogen) atoms. The second-order valence-corrected chi connectivity index (χ2v) is 9.09. The van der Waals surface area contributed by atoms with Gasteiger partial charge in [-0.05, 0) is 30.7 Å². The van der Waals surface area contributed by atoms with E-state index in [4.69, 9.17) is 11.6 Å². The Kier molecular flexibility index (Phi) is 5.13. The zero-order valence-corrected chi connectivity index (χ0v) is 16.4. The van der Waals surface area contributed by atoms with Gasteiger partial charge in [-0.25, -0.2) is 13.4 Å². The number of rotatable bonds is 4. The summed E-state index contributed by atoms with van der Waals surface area (Å²) < 4.78 is 23.4. The molecule has 134 valence electrons. The molecule has 0 spiro atoms. The van der Waals surface area contributed by atoms with Crippen LogP contribution < -0.4 is 5.32 Å². The van der Waals surface area contributed by atoms with Crippen LogP contribution in [0.3, 0.4) is 0 Å². The number of nitrogens with zero attached hydrogens (tertiary/aromatic N) is 1. The molecule has 0 saturated heterocycles. The van der Waals surface area contributed by atoms with Crippen LogP contribution in [0.5, 0.6) is 0 Å². The summed E-state index contributed by atoms with van der Waals surface area (Å²) >= 11 is 7.41. The van der Waals surface area contributed by atoms with Gasteiger partial charge < -0.3 is 0 Å². The van der Waals surface area contributed by atoms with E-state index in [-0.39, 0.29) is 15.5 Å². The number of hydrogen-bond donors (Lipinski definition) is 1. The van der Waals surface area contributed by atoms with E-state index in [1.165, 1.54) is 29.5 Å². The Labute approximate surface area is 160 Å². The molecule has 0 aliphatic heterocycles. The molecular weight excluding hydrogens is 392 g/mol. The van der Waals surface area contributed by atoms with Gasteiger partial charge in [-0.2, -0.15) is 0 Å². The minimum atomic E-state index is -3.44. The number of anilines is 1. The van der Waals surface area contributed by atoms with Crippen molar-refractivity contribution in [3.63, 3.8) is 0 Å². The minimum Gasteiger partial charge on any atom is -0.298 e. The molecule has 0 aliphatic carbocycles. The number of carbonyl (C=O) groups excluding carboxylic acids is 1. The van der Waals surface area contributed by atoms with Crippen LogP contribution in [0.25, 0.3) is 10.4 Å². The third-order valence-corrected chi connectivity index (χ3v) is 6.23. The molecule has 1 aromatic heterocycles. The molecule has 0 radical (unpaired) electrons. The van der Waals surface area contributed by atoms with Crippen molar-refractivity contribution in [3.05, 3.63) is 64.8 Å². The lowest BCUT2D eigenvalue weighted by Crippen LogP contribution is -2.13. The highest BCUT2D eigenvalue weighted by Crippen LogP contribution is 2.33. The number of halogens is 1. The fraction of sp³-hybridized carbons (Fsp3) is 0.111. The van der Waals surface area contributed by atoms with Gasteiger partial charge in [0.25, 0.3) is 5.91 Å². The number of sulfone groups is 1.